The van der Waals surface area contributed by atoms with Crippen molar-refractivity contribution in [3.05, 3.63) is 54.1 Å². The normalized spacial score (nSPS) is 17.1. The first-order chi connectivity index (χ1) is 14.7. The van der Waals surface area contributed by atoms with Gasteiger partial charge in [-0.15, -0.1) is 0 Å². The summed E-state index contributed by atoms with van der Waals surface area (Å²) >= 11 is 0. The summed E-state index contributed by atoms with van der Waals surface area (Å²) in [4.78, 5) is 30.1. The monoisotopic (exact) mass is 406 g/mol. The zero-order valence-corrected chi connectivity index (χ0v) is 17.3. The Morgan fingerprint density at radius 3 is 2.47 bits per heavy atom. The molecule has 6 nitrogen and oxygen atoms in total. The standard InChI is InChI=1S/C24H30N4O2/c25-14-6-5-7-18-12-15-27(16-13-18)17-23(29)28-21-10-3-1-8-19(21)24(30)26-20-9-2-4-11-22(20)28/h1-4,8-11,18H,5-7,12-17,25H2,(H,26,30). The van der Waals surface area contributed by atoms with Gasteiger partial charge in [-0.3, -0.25) is 19.4 Å². The molecule has 158 valence electrons. The smallest absolute Gasteiger partial charge is 0.257 e. The van der Waals surface area contributed by atoms with Gasteiger partial charge in [0.15, 0.2) is 0 Å². The van der Waals surface area contributed by atoms with Gasteiger partial charge in [0.25, 0.3) is 5.91 Å². The molecule has 1 fully saturated rings. The lowest BCUT2D eigenvalue weighted by Gasteiger charge is -2.33. The molecule has 4 rings (SSSR count). The Hall–Kier alpha value is -2.70. The zero-order valence-electron chi connectivity index (χ0n) is 17.3. The van der Waals surface area contributed by atoms with E-state index in [2.05, 4.69) is 10.2 Å². The minimum absolute atomic E-state index is 0.00650. The van der Waals surface area contributed by atoms with E-state index in [1.54, 1.807) is 11.0 Å². The molecule has 2 aromatic carbocycles. The van der Waals surface area contributed by atoms with Gasteiger partial charge in [-0.1, -0.05) is 37.1 Å². The third-order valence-electron chi connectivity index (χ3n) is 6.16. The minimum Gasteiger partial charge on any atom is -0.330 e. The van der Waals surface area contributed by atoms with Gasteiger partial charge >= 0.3 is 0 Å². The van der Waals surface area contributed by atoms with Crippen molar-refractivity contribution in [3.63, 3.8) is 0 Å². The summed E-state index contributed by atoms with van der Waals surface area (Å²) in [5, 5.41) is 2.94. The number of piperidine rings is 1. The van der Waals surface area contributed by atoms with Crippen molar-refractivity contribution in [2.24, 2.45) is 11.7 Å². The third kappa shape index (κ3) is 4.40. The third-order valence-corrected chi connectivity index (χ3v) is 6.16. The summed E-state index contributed by atoms with van der Waals surface area (Å²) in [5.74, 6) is 0.545. The molecule has 0 atom stereocenters. The Morgan fingerprint density at radius 1 is 1.00 bits per heavy atom. The molecule has 0 bridgehead atoms. The Kier molecular flexibility index (Phi) is 6.45. The van der Waals surface area contributed by atoms with Crippen molar-refractivity contribution in [2.45, 2.75) is 32.1 Å². The van der Waals surface area contributed by atoms with Crippen LogP contribution < -0.4 is 16.0 Å². The van der Waals surface area contributed by atoms with Crippen LogP contribution in [0.4, 0.5) is 17.1 Å². The van der Waals surface area contributed by atoms with Crippen LogP contribution in [0.3, 0.4) is 0 Å². The molecule has 2 amide bonds. The Bertz CT molecular complexity index is 906. The number of nitrogens with one attached hydrogen (secondary N) is 1. The van der Waals surface area contributed by atoms with Gasteiger partial charge in [0, 0.05) is 0 Å². The van der Waals surface area contributed by atoms with Crippen molar-refractivity contribution >= 4 is 28.9 Å². The first kappa shape index (κ1) is 20.6. The predicted octanol–water partition coefficient (Wildman–Crippen LogP) is 3.76. The molecule has 2 aromatic rings. The molecule has 2 heterocycles. The van der Waals surface area contributed by atoms with Crippen molar-refractivity contribution in [3.8, 4) is 0 Å². The molecule has 2 aliphatic rings. The van der Waals surface area contributed by atoms with Crippen molar-refractivity contribution in [2.75, 3.05) is 36.4 Å². The Morgan fingerprint density at radius 2 is 1.70 bits per heavy atom. The largest absolute Gasteiger partial charge is 0.330 e. The fourth-order valence-electron chi connectivity index (χ4n) is 4.50. The molecule has 3 N–H and O–H groups in total. The quantitative estimate of drug-likeness (QED) is 0.716. The molecule has 0 radical (unpaired) electrons. The molecular weight excluding hydrogens is 376 g/mol. The lowest BCUT2D eigenvalue weighted by molar-refractivity contribution is -0.119. The van der Waals surface area contributed by atoms with Crippen LogP contribution in [-0.4, -0.2) is 42.9 Å². The number of hydrogen-bond donors (Lipinski definition) is 2. The van der Waals surface area contributed by atoms with E-state index in [-0.39, 0.29) is 11.8 Å². The number of anilines is 3. The van der Waals surface area contributed by atoms with Gasteiger partial charge in [-0.25, -0.2) is 0 Å². The molecule has 0 aliphatic carbocycles. The van der Waals surface area contributed by atoms with Crippen LogP contribution in [0.2, 0.25) is 0 Å². The van der Waals surface area contributed by atoms with Gasteiger partial charge in [-0.05, 0) is 69.1 Å². The van der Waals surface area contributed by atoms with Crippen LogP contribution >= 0.6 is 0 Å². The summed E-state index contributed by atoms with van der Waals surface area (Å²) in [7, 11) is 0. The number of unbranched alkanes of at least 4 members (excludes halogenated alkanes) is 1. The molecule has 0 aromatic heterocycles. The number of carbonyl (C=O) groups is 2. The highest BCUT2D eigenvalue weighted by molar-refractivity contribution is 6.17. The number of benzene rings is 2. The predicted molar refractivity (Wildman–Crippen MR) is 120 cm³/mol. The number of nitrogens with zero attached hydrogens (tertiary/aromatic N) is 2. The summed E-state index contributed by atoms with van der Waals surface area (Å²) in [5.41, 5.74) is 8.14. The number of hydrogen-bond acceptors (Lipinski definition) is 4. The number of nitrogens with two attached hydrogens (primary N) is 1. The molecule has 2 aliphatic heterocycles. The first-order valence-electron chi connectivity index (χ1n) is 10.9. The van der Waals surface area contributed by atoms with Crippen molar-refractivity contribution in [1.82, 2.24) is 4.90 Å². The van der Waals surface area contributed by atoms with Crippen LogP contribution in [0.15, 0.2) is 48.5 Å². The van der Waals surface area contributed by atoms with E-state index < -0.39 is 0 Å². The van der Waals surface area contributed by atoms with E-state index in [0.29, 0.717) is 23.5 Å². The average molecular weight is 407 g/mol. The molecular formula is C24H30N4O2. The highest BCUT2D eigenvalue weighted by Crippen LogP contribution is 2.38. The topological polar surface area (TPSA) is 78.7 Å². The maximum Gasteiger partial charge on any atom is 0.257 e. The van der Waals surface area contributed by atoms with Gasteiger partial charge < -0.3 is 11.1 Å². The van der Waals surface area contributed by atoms with Crippen LogP contribution in [0.5, 0.6) is 0 Å². The summed E-state index contributed by atoms with van der Waals surface area (Å²) in [6.07, 6.45) is 5.79. The number of carbonyl (C=O) groups excluding carboxylic acids is 2. The Labute approximate surface area is 178 Å². The van der Waals surface area contributed by atoms with Crippen LogP contribution in [0, 0.1) is 5.92 Å². The average Bonchev–Trinajstić information content (AvgIpc) is 2.89. The van der Waals surface area contributed by atoms with Crippen LogP contribution in [0.25, 0.3) is 0 Å². The number of amides is 2. The summed E-state index contributed by atoms with van der Waals surface area (Å²) in [6, 6.07) is 14.8. The fraction of sp³-hybridized carbons (Fsp3) is 0.417. The number of para-hydroxylation sites is 3. The van der Waals surface area contributed by atoms with E-state index in [9.17, 15) is 9.59 Å². The number of rotatable bonds is 6. The van der Waals surface area contributed by atoms with Crippen molar-refractivity contribution in [1.29, 1.82) is 0 Å². The SMILES string of the molecule is NCCCCC1CCN(CC(=O)N2c3ccccc3NC(=O)c3ccccc32)CC1. The van der Waals surface area contributed by atoms with Crippen LogP contribution in [0.1, 0.15) is 42.5 Å². The molecule has 30 heavy (non-hydrogen) atoms. The van der Waals surface area contributed by atoms with E-state index in [0.717, 1.165) is 50.5 Å². The Balaban J connectivity index is 1.50. The molecule has 0 saturated carbocycles. The van der Waals surface area contributed by atoms with E-state index >= 15 is 0 Å². The molecule has 6 heteroatoms. The lowest BCUT2D eigenvalue weighted by Crippen LogP contribution is -2.42. The van der Waals surface area contributed by atoms with E-state index in [1.165, 1.54) is 12.8 Å². The molecule has 0 unspecified atom stereocenters. The second-order valence-electron chi connectivity index (χ2n) is 8.22. The van der Waals surface area contributed by atoms with Gasteiger partial charge in [0.05, 0.1) is 29.2 Å². The first-order valence-corrected chi connectivity index (χ1v) is 10.9. The van der Waals surface area contributed by atoms with Gasteiger partial charge in [0.1, 0.15) is 0 Å². The van der Waals surface area contributed by atoms with Crippen molar-refractivity contribution < 1.29 is 9.59 Å². The summed E-state index contributed by atoms with van der Waals surface area (Å²) < 4.78 is 0. The van der Waals surface area contributed by atoms with E-state index in [1.807, 2.05) is 42.5 Å². The molecule has 1 saturated heterocycles. The second kappa shape index (κ2) is 9.41. The highest BCUT2D eigenvalue weighted by Gasteiger charge is 2.30. The maximum absolute atomic E-state index is 13.5. The number of fused-ring (bicyclic) bond motifs is 2. The second-order valence-corrected chi connectivity index (χ2v) is 8.22. The minimum atomic E-state index is -0.188. The maximum atomic E-state index is 13.5. The van der Waals surface area contributed by atoms with Crippen LogP contribution in [-0.2, 0) is 4.79 Å². The fourth-order valence-corrected chi connectivity index (χ4v) is 4.50. The zero-order chi connectivity index (χ0) is 20.9. The summed E-state index contributed by atoms with van der Waals surface area (Å²) in [6.45, 7) is 3.00. The lowest BCUT2D eigenvalue weighted by atomic mass is 9.91. The molecule has 0 spiro atoms. The van der Waals surface area contributed by atoms with Gasteiger partial charge in [0.2, 0.25) is 5.91 Å². The van der Waals surface area contributed by atoms with Gasteiger partial charge in [-0.2, -0.15) is 0 Å². The van der Waals surface area contributed by atoms with E-state index in [4.69, 9.17) is 5.73 Å². The highest BCUT2D eigenvalue weighted by atomic mass is 16.2. The number of likely N-dealkylation sites (tertiary alicyclic amines) is 1.